The van der Waals surface area contributed by atoms with E-state index in [1.54, 1.807) is 0 Å². The molecule has 3 aromatic rings. The Morgan fingerprint density at radius 1 is 1.11 bits per heavy atom. The van der Waals surface area contributed by atoms with Gasteiger partial charge in [0.1, 0.15) is 0 Å². The predicted octanol–water partition coefficient (Wildman–Crippen LogP) is 3.49. The van der Waals surface area contributed by atoms with Gasteiger partial charge in [-0.2, -0.15) is 0 Å². The average Bonchev–Trinajstić information content (AvgIpc) is 3.07. The lowest BCUT2D eigenvalue weighted by Crippen LogP contribution is -2.45. The van der Waals surface area contributed by atoms with E-state index < -0.39 is 0 Å². The number of rotatable bonds is 8. The molecule has 5 heteroatoms. The molecule has 0 radical (unpaired) electrons. The normalized spacial score (nSPS) is 12.3. The summed E-state index contributed by atoms with van der Waals surface area (Å²) in [5, 5.41) is 7.21. The third-order valence-electron chi connectivity index (χ3n) is 5.15. The zero-order chi connectivity index (χ0) is 19.9. The summed E-state index contributed by atoms with van der Waals surface area (Å²) >= 11 is 0. The summed E-state index contributed by atoms with van der Waals surface area (Å²) in [6.45, 7) is 3.31. The number of carbonyl (C=O) groups excluding carboxylic acids is 1. The highest BCUT2D eigenvalue weighted by atomic mass is 16.2. The zero-order valence-electron chi connectivity index (χ0n) is 17.0. The molecule has 0 aliphatic carbocycles. The number of benzene rings is 2. The van der Waals surface area contributed by atoms with Crippen LogP contribution in [0.25, 0.3) is 10.9 Å². The van der Waals surface area contributed by atoms with E-state index in [9.17, 15) is 4.79 Å². The first-order valence-corrected chi connectivity index (χ1v) is 9.81. The quantitative estimate of drug-likeness (QED) is 0.562. The van der Waals surface area contributed by atoms with Crippen LogP contribution in [-0.2, 0) is 12.8 Å². The number of nitrogens with one attached hydrogen (secondary N) is 3. The van der Waals surface area contributed by atoms with Gasteiger partial charge in [-0.15, -0.1) is 0 Å². The van der Waals surface area contributed by atoms with Crippen LogP contribution in [0, 0.1) is 6.92 Å². The number of aryl methyl sites for hydroxylation is 1. The fraction of sp³-hybridized carbons (Fsp3) is 0.348. The smallest absolute Gasteiger partial charge is 0.314 e. The SMILES string of the molecule is Cc1ccc2c(CCNC(=O)NCC(Cc3ccccc3)N(C)C)c[nH]c2c1. The summed E-state index contributed by atoms with van der Waals surface area (Å²) in [4.78, 5) is 17.7. The third kappa shape index (κ3) is 5.36. The first-order valence-electron chi connectivity index (χ1n) is 9.81. The van der Waals surface area contributed by atoms with Crippen LogP contribution in [0.4, 0.5) is 4.79 Å². The van der Waals surface area contributed by atoms with Crippen molar-refractivity contribution in [1.82, 2.24) is 20.5 Å². The summed E-state index contributed by atoms with van der Waals surface area (Å²) < 4.78 is 0. The second kappa shape index (κ2) is 9.42. The summed E-state index contributed by atoms with van der Waals surface area (Å²) in [6, 6.07) is 16.9. The molecule has 3 rings (SSSR count). The molecule has 0 bridgehead atoms. The molecule has 2 amide bonds. The molecule has 1 unspecified atom stereocenters. The van der Waals surface area contributed by atoms with Crippen LogP contribution in [0.1, 0.15) is 16.7 Å². The van der Waals surface area contributed by atoms with Crippen LogP contribution in [0.2, 0.25) is 0 Å². The number of hydrogen-bond acceptors (Lipinski definition) is 2. The Balaban J connectivity index is 1.45. The van der Waals surface area contributed by atoms with Crippen molar-refractivity contribution < 1.29 is 4.79 Å². The predicted molar refractivity (Wildman–Crippen MR) is 116 cm³/mol. The molecule has 2 aromatic carbocycles. The van der Waals surface area contributed by atoms with E-state index in [1.165, 1.54) is 22.1 Å². The van der Waals surface area contributed by atoms with Crippen molar-refractivity contribution >= 4 is 16.9 Å². The Morgan fingerprint density at radius 2 is 1.89 bits per heavy atom. The Kier molecular flexibility index (Phi) is 6.71. The molecule has 0 saturated carbocycles. The van der Waals surface area contributed by atoms with Crippen LogP contribution >= 0.6 is 0 Å². The fourth-order valence-corrected chi connectivity index (χ4v) is 3.41. The molecular formula is C23H30N4O. The van der Waals surface area contributed by atoms with Gasteiger partial charge in [0.2, 0.25) is 0 Å². The lowest BCUT2D eigenvalue weighted by molar-refractivity contribution is 0.232. The Morgan fingerprint density at radius 3 is 2.64 bits per heavy atom. The molecule has 1 aromatic heterocycles. The topological polar surface area (TPSA) is 60.2 Å². The first-order chi connectivity index (χ1) is 13.5. The van der Waals surface area contributed by atoms with E-state index in [4.69, 9.17) is 0 Å². The number of H-pyrrole nitrogens is 1. The summed E-state index contributed by atoms with van der Waals surface area (Å²) in [5.41, 5.74) is 4.89. The molecule has 0 fully saturated rings. The van der Waals surface area contributed by atoms with Crippen molar-refractivity contribution in [3.05, 3.63) is 71.4 Å². The number of hydrogen-bond donors (Lipinski definition) is 3. The van der Waals surface area contributed by atoms with Gasteiger partial charge in [-0.25, -0.2) is 4.79 Å². The highest BCUT2D eigenvalue weighted by Gasteiger charge is 2.13. The maximum absolute atomic E-state index is 12.2. The van der Waals surface area contributed by atoms with Gasteiger partial charge in [-0.1, -0.05) is 42.5 Å². The van der Waals surface area contributed by atoms with E-state index in [0.717, 1.165) is 18.4 Å². The molecule has 0 spiro atoms. The summed E-state index contributed by atoms with van der Waals surface area (Å²) in [5.74, 6) is 0. The minimum atomic E-state index is -0.115. The van der Waals surface area contributed by atoms with Gasteiger partial charge in [0, 0.05) is 36.2 Å². The molecule has 0 aliphatic rings. The average molecular weight is 379 g/mol. The Hall–Kier alpha value is -2.79. The van der Waals surface area contributed by atoms with Crippen LogP contribution in [-0.4, -0.2) is 49.1 Å². The van der Waals surface area contributed by atoms with E-state index in [-0.39, 0.29) is 12.1 Å². The zero-order valence-corrected chi connectivity index (χ0v) is 17.0. The summed E-state index contributed by atoms with van der Waals surface area (Å²) in [6.07, 6.45) is 3.74. The lowest BCUT2D eigenvalue weighted by atomic mass is 10.1. The number of urea groups is 1. The van der Waals surface area contributed by atoms with Gasteiger partial charge in [0.15, 0.2) is 0 Å². The first kappa shape index (κ1) is 20.0. The molecule has 1 atom stereocenters. The highest BCUT2D eigenvalue weighted by molar-refractivity contribution is 5.83. The molecular weight excluding hydrogens is 348 g/mol. The standard InChI is InChI=1S/C23H30N4O/c1-17-9-10-21-19(15-25-22(21)13-17)11-12-24-23(28)26-16-20(27(2)3)14-18-7-5-4-6-8-18/h4-10,13,15,20,25H,11-12,14,16H2,1-3H3,(H2,24,26,28). The minimum Gasteiger partial charge on any atom is -0.361 e. The molecule has 1 heterocycles. The number of amides is 2. The highest BCUT2D eigenvalue weighted by Crippen LogP contribution is 2.19. The maximum atomic E-state index is 12.2. The lowest BCUT2D eigenvalue weighted by Gasteiger charge is -2.24. The van der Waals surface area contributed by atoms with Gasteiger partial charge >= 0.3 is 6.03 Å². The number of aromatic nitrogens is 1. The van der Waals surface area contributed by atoms with E-state index in [2.05, 4.69) is 57.8 Å². The van der Waals surface area contributed by atoms with Crippen molar-refractivity contribution in [3.8, 4) is 0 Å². The van der Waals surface area contributed by atoms with Crippen molar-refractivity contribution in [2.45, 2.75) is 25.8 Å². The van der Waals surface area contributed by atoms with Crippen molar-refractivity contribution in [1.29, 1.82) is 0 Å². The Bertz CT molecular complexity index is 901. The van der Waals surface area contributed by atoms with E-state index in [0.29, 0.717) is 13.1 Å². The van der Waals surface area contributed by atoms with Crippen molar-refractivity contribution in [3.63, 3.8) is 0 Å². The van der Waals surface area contributed by atoms with Gasteiger partial charge in [0.05, 0.1) is 0 Å². The largest absolute Gasteiger partial charge is 0.361 e. The minimum absolute atomic E-state index is 0.115. The summed E-state index contributed by atoms with van der Waals surface area (Å²) in [7, 11) is 4.10. The number of carbonyl (C=O) groups is 1. The second-order valence-corrected chi connectivity index (χ2v) is 7.56. The van der Waals surface area contributed by atoms with Crippen LogP contribution < -0.4 is 10.6 Å². The van der Waals surface area contributed by atoms with Crippen molar-refractivity contribution in [2.24, 2.45) is 0 Å². The monoisotopic (exact) mass is 378 g/mol. The number of nitrogens with zero attached hydrogens (tertiary/aromatic N) is 1. The van der Waals surface area contributed by atoms with Gasteiger partial charge in [-0.3, -0.25) is 0 Å². The van der Waals surface area contributed by atoms with Crippen molar-refractivity contribution in [2.75, 3.05) is 27.2 Å². The number of aromatic amines is 1. The third-order valence-corrected chi connectivity index (χ3v) is 5.15. The maximum Gasteiger partial charge on any atom is 0.314 e. The second-order valence-electron chi connectivity index (χ2n) is 7.56. The molecule has 0 saturated heterocycles. The number of fused-ring (bicyclic) bond motifs is 1. The van der Waals surface area contributed by atoms with Crippen LogP contribution in [0.3, 0.4) is 0 Å². The molecule has 148 valence electrons. The van der Waals surface area contributed by atoms with Crippen LogP contribution in [0.15, 0.2) is 54.7 Å². The van der Waals surface area contributed by atoms with Gasteiger partial charge in [-0.05, 0) is 56.6 Å². The van der Waals surface area contributed by atoms with Gasteiger partial charge < -0.3 is 20.5 Å². The van der Waals surface area contributed by atoms with Crippen LogP contribution in [0.5, 0.6) is 0 Å². The van der Waals surface area contributed by atoms with Gasteiger partial charge in [0.25, 0.3) is 0 Å². The molecule has 0 aliphatic heterocycles. The molecule has 5 nitrogen and oxygen atoms in total. The Labute approximate surface area is 167 Å². The molecule has 28 heavy (non-hydrogen) atoms. The number of likely N-dealkylation sites (N-methyl/N-ethyl adjacent to an activating group) is 1. The van der Waals surface area contributed by atoms with E-state index in [1.807, 2.05) is 38.5 Å². The molecule has 3 N–H and O–H groups in total. The fourth-order valence-electron chi connectivity index (χ4n) is 3.41. The van der Waals surface area contributed by atoms with E-state index >= 15 is 0 Å².